The lowest BCUT2D eigenvalue weighted by molar-refractivity contribution is 0.0693. The van der Waals surface area contributed by atoms with E-state index in [1.165, 1.54) is 12.1 Å². The Hall–Kier alpha value is -1.71. The molecule has 4 heteroatoms. The molecular weight excluding hydrogens is 196 g/mol. The number of hydrogen-bond donors (Lipinski definition) is 2. The first-order chi connectivity index (χ1) is 7.00. The minimum absolute atomic E-state index is 0.142. The zero-order chi connectivity index (χ0) is 11.4. The van der Waals surface area contributed by atoms with Crippen molar-refractivity contribution in [3.05, 3.63) is 23.8 Å². The van der Waals surface area contributed by atoms with E-state index in [1.54, 1.807) is 6.07 Å². The Morgan fingerprint density at radius 3 is 2.67 bits per heavy atom. The van der Waals surface area contributed by atoms with Crippen LogP contribution >= 0.6 is 0 Å². The quantitative estimate of drug-likeness (QED) is 0.798. The zero-order valence-corrected chi connectivity index (χ0v) is 8.73. The second-order valence-corrected chi connectivity index (χ2v) is 3.69. The Bertz CT molecular complexity index is 358. The molecule has 0 atom stereocenters. The van der Waals surface area contributed by atoms with Crippen LogP contribution in [0.4, 0.5) is 0 Å². The Morgan fingerprint density at radius 2 is 2.13 bits per heavy atom. The van der Waals surface area contributed by atoms with Gasteiger partial charge in [0.15, 0.2) is 0 Å². The summed E-state index contributed by atoms with van der Waals surface area (Å²) in [6.45, 7) is 4.51. The van der Waals surface area contributed by atoms with Gasteiger partial charge < -0.3 is 14.9 Å². The summed E-state index contributed by atoms with van der Waals surface area (Å²) in [7, 11) is 0. The van der Waals surface area contributed by atoms with Crippen molar-refractivity contribution in [2.24, 2.45) is 5.92 Å². The second-order valence-electron chi connectivity index (χ2n) is 3.69. The third-order valence-corrected chi connectivity index (χ3v) is 1.78. The molecule has 0 heterocycles. The summed E-state index contributed by atoms with van der Waals surface area (Å²) in [6.07, 6.45) is 0. The highest BCUT2D eigenvalue weighted by Gasteiger charge is 2.10. The van der Waals surface area contributed by atoms with Crippen LogP contribution in [-0.2, 0) is 0 Å². The molecule has 0 aliphatic carbocycles. The van der Waals surface area contributed by atoms with Crippen LogP contribution in [-0.4, -0.2) is 22.8 Å². The van der Waals surface area contributed by atoms with Gasteiger partial charge in [-0.1, -0.05) is 13.8 Å². The second kappa shape index (κ2) is 4.68. The van der Waals surface area contributed by atoms with E-state index in [4.69, 9.17) is 9.84 Å². The normalized spacial score (nSPS) is 10.3. The molecule has 0 bridgehead atoms. The molecule has 0 unspecified atom stereocenters. The largest absolute Gasteiger partial charge is 0.507 e. The third-order valence-electron chi connectivity index (χ3n) is 1.78. The summed E-state index contributed by atoms with van der Waals surface area (Å²) >= 11 is 0. The summed E-state index contributed by atoms with van der Waals surface area (Å²) in [4.78, 5) is 10.7. The molecule has 4 nitrogen and oxygen atoms in total. The molecule has 2 N–H and O–H groups in total. The van der Waals surface area contributed by atoms with Gasteiger partial charge in [-0.05, 0) is 24.1 Å². The van der Waals surface area contributed by atoms with E-state index in [0.717, 1.165) is 0 Å². The zero-order valence-electron chi connectivity index (χ0n) is 8.73. The van der Waals surface area contributed by atoms with Crippen LogP contribution in [0.1, 0.15) is 24.2 Å². The number of aromatic carboxylic acids is 1. The summed E-state index contributed by atoms with van der Waals surface area (Å²) in [5, 5.41) is 18.0. The SMILES string of the molecule is CC(C)COc1ccc(O)c(C(=O)O)c1. The van der Waals surface area contributed by atoms with Gasteiger partial charge in [0, 0.05) is 0 Å². The number of aromatic hydroxyl groups is 1. The fourth-order valence-corrected chi connectivity index (χ4v) is 1.04. The van der Waals surface area contributed by atoms with Crippen LogP contribution in [0.3, 0.4) is 0 Å². The van der Waals surface area contributed by atoms with E-state index in [2.05, 4.69) is 0 Å². The smallest absolute Gasteiger partial charge is 0.339 e. The number of rotatable bonds is 4. The molecule has 0 fully saturated rings. The molecule has 0 aromatic heterocycles. The van der Waals surface area contributed by atoms with Gasteiger partial charge in [0.1, 0.15) is 17.1 Å². The number of benzene rings is 1. The molecule has 15 heavy (non-hydrogen) atoms. The number of carboxylic acids is 1. The maximum Gasteiger partial charge on any atom is 0.339 e. The summed E-state index contributed by atoms with van der Waals surface area (Å²) in [6, 6.07) is 4.18. The molecule has 0 spiro atoms. The highest BCUT2D eigenvalue weighted by molar-refractivity contribution is 5.91. The van der Waals surface area contributed by atoms with E-state index in [1.807, 2.05) is 13.8 Å². The van der Waals surface area contributed by atoms with Crippen molar-refractivity contribution in [2.45, 2.75) is 13.8 Å². The molecule has 1 rings (SSSR count). The predicted molar refractivity (Wildman–Crippen MR) is 55.4 cm³/mol. The monoisotopic (exact) mass is 210 g/mol. The number of hydrogen-bond acceptors (Lipinski definition) is 3. The molecule has 1 aromatic rings. The number of phenols is 1. The summed E-state index contributed by atoms with van der Waals surface area (Å²) in [5.74, 6) is -0.590. The Morgan fingerprint density at radius 1 is 1.47 bits per heavy atom. The lowest BCUT2D eigenvalue weighted by Crippen LogP contribution is -2.05. The predicted octanol–water partition coefficient (Wildman–Crippen LogP) is 2.13. The van der Waals surface area contributed by atoms with Gasteiger partial charge in [-0.15, -0.1) is 0 Å². The Labute approximate surface area is 88.1 Å². The van der Waals surface area contributed by atoms with Gasteiger partial charge in [-0.25, -0.2) is 4.79 Å². The molecular formula is C11H14O4. The fraction of sp³-hybridized carbons (Fsp3) is 0.364. The molecule has 0 saturated heterocycles. The van der Waals surface area contributed by atoms with Crippen molar-refractivity contribution < 1.29 is 19.7 Å². The molecule has 1 aromatic carbocycles. The van der Waals surface area contributed by atoms with Gasteiger partial charge in [-0.3, -0.25) is 0 Å². The lowest BCUT2D eigenvalue weighted by Gasteiger charge is -2.09. The molecule has 0 radical (unpaired) electrons. The molecule has 0 amide bonds. The van der Waals surface area contributed by atoms with Crippen LogP contribution in [0.15, 0.2) is 18.2 Å². The highest BCUT2D eigenvalue weighted by atomic mass is 16.5. The van der Waals surface area contributed by atoms with Crippen molar-refractivity contribution in [2.75, 3.05) is 6.61 Å². The molecule has 0 saturated carbocycles. The van der Waals surface area contributed by atoms with E-state index < -0.39 is 5.97 Å². The molecule has 82 valence electrons. The maximum atomic E-state index is 10.7. The first kappa shape index (κ1) is 11.4. The number of ether oxygens (including phenoxy) is 1. The maximum absolute atomic E-state index is 10.7. The van der Waals surface area contributed by atoms with Gasteiger partial charge in [0.05, 0.1) is 6.61 Å². The average molecular weight is 210 g/mol. The van der Waals surface area contributed by atoms with E-state index in [-0.39, 0.29) is 11.3 Å². The van der Waals surface area contributed by atoms with Gasteiger partial charge in [0.25, 0.3) is 0 Å². The van der Waals surface area contributed by atoms with Crippen molar-refractivity contribution in [1.29, 1.82) is 0 Å². The van der Waals surface area contributed by atoms with Crippen molar-refractivity contribution in [3.8, 4) is 11.5 Å². The standard InChI is InChI=1S/C11H14O4/c1-7(2)6-15-8-3-4-10(12)9(5-8)11(13)14/h3-5,7,12H,6H2,1-2H3,(H,13,14). The van der Waals surface area contributed by atoms with Crippen molar-refractivity contribution in [1.82, 2.24) is 0 Å². The van der Waals surface area contributed by atoms with Crippen LogP contribution in [0, 0.1) is 5.92 Å². The van der Waals surface area contributed by atoms with E-state index >= 15 is 0 Å². The van der Waals surface area contributed by atoms with Crippen LogP contribution in [0.5, 0.6) is 11.5 Å². The fourth-order valence-electron chi connectivity index (χ4n) is 1.04. The van der Waals surface area contributed by atoms with Gasteiger partial charge >= 0.3 is 5.97 Å². The minimum Gasteiger partial charge on any atom is -0.507 e. The van der Waals surface area contributed by atoms with Crippen molar-refractivity contribution >= 4 is 5.97 Å². The first-order valence-corrected chi connectivity index (χ1v) is 4.70. The Kier molecular flexibility index (Phi) is 3.55. The highest BCUT2D eigenvalue weighted by Crippen LogP contribution is 2.23. The average Bonchev–Trinajstić information content (AvgIpc) is 2.16. The minimum atomic E-state index is -1.16. The van der Waals surface area contributed by atoms with E-state index in [9.17, 15) is 9.90 Å². The van der Waals surface area contributed by atoms with Crippen LogP contribution < -0.4 is 4.74 Å². The number of carboxylic acid groups (broad SMARTS) is 1. The Balaban J connectivity index is 2.83. The third kappa shape index (κ3) is 3.16. The number of carbonyl (C=O) groups is 1. The van der Waals surface area contributed by atoms with Gasteiger partial charge in [0.2, 0.25) is 0 Å². The van der Waals surface area contributed by atoms with Crippen molar-refractivity contribution in [3.63, 3.8) is 0 Å². The summed E-state index contributed by atoms with van der Waals surface area (Å²) < 4.78 is 5.34. The van der Waals surface area contributed by atoms with E-state index in [0.29, 0.717) is 18.3 Å². The van der Waals surface area contributed by atoms with Gasteiger partial charge in [-0.2, -0.15) is 0 Å². The topological polar surface area (TPSA) is 66.8 Å². The van der Waals surface area contributed by atoms with Crippen LogP contribution in [0.2, 0.25) is 0 Å². The van der Waals surface area contributed by atoms with Crippen LogP contribution in [0.25, 0.3) is 0 Å². The summed E-state index contributed by atoms with van der Waals surface area (Å²) in [5.41, 5.74) is -0.142. The lowest BCUT2D eigenvalue weighted by atomic mass is 10.2. The molecule has 0 aliphatic rings. The first-order valence-electron chi connectivity index (χ1n) is 4.70. The molecule has 0 aliphatic heterocycles.